The van der Waals surface area contributed by atoms with E-state index in [2.05, 4.69) is 9.97 Å². The smallest absolute Gasteiger partial charge is 0.351 e. The van der Waals surface area contributed by atoms with Crippen molar-refractivity contribution in [2.45, 2.75) is 12.8 Å². The summed E-state index contributed by atoms with van der Waals surface area (Å²) < 4.78 is 11.0. The van der Waals surface area contributed by atoms with Gasteiger partial charge in [0.2, 0.25) is 5.89 Å². The minimum absolute atomic E-state index is 0.0914. The molecular formula is C16H15ClN2O6. The number of ether oxygens (including phenoxy) is 1. The number of hydrogen-bond donors (Lipinski definition) is 2. The molecule has 0 saturated carbocycles. The second kappa shape index (κ2) is 8.41. The number of aliphatic hydroxyl groups is 1. The van der Waals surface area contributed by atoms with Crippen LogP contribution in [0.3, 0.4) is 0 Å². The average molecular weight is 367 g/mol. The van der Waals surface area contributed by atoms with Crippen LogP contribution in [0.5, 0.6) is 5.75 Å². The third-order valence-electron chi connectivity index (χ3n) is 3.21. The van der Waals surface area contributed by atoms with Gasteiger partial charge in [-0.15, -0.1) is 0 Å². The third kappa shape index (κ3) is 4.04. The maximum Gasteiger partial charge on any atom is 0.351 e. The number of fused-ring (bicyclic) bond motifs is 2. The highest BCUT2D eigenvalue weighted by molar-refractivity contribution is 6.36. The Labute approximate surface area is 146 Å². The molecule has 2 aliphatic rings. The molecule has 25 heavy (non-hydrogen) atoms. The largest absolute Gasteiger partial charge is 0.492 e. The Kier molecular flexibility index (Phi) is 6.26. The van der Waals surface area contributed by atoms with Gasteiger partial charge in [0, 0.05) is 18.9 Å². The number of carbonyl (C=O) groups excluding carboxylic acids is 1. The van der Waals surface area contributed by atoms with E-state index in [9.17, 15) is 14.4 Å². The Morgan fingerprint density at radius 1 is 1.36 bits per heavy atom. The monoisotopic (exact) mass is 366 g/mol. The number of aliphatic hydroxyl groups excluding tert-OH is 1. The van der Waals surface area contributed by atoms with Crippen LogP contribution in [0, 0.1) is 0 Å². The molecule has 3 rings (SSSR count). The molecule has 0 amide bonds. The van der Waals surface area contributed by atoms with Crippen LogP contribution >= 0.6 is 11.6 Å². The van der Waals surface area contributed by atoms with Crippen molar-refractivity contribution in [1.29, 1.82) is 0 Å². The number of unbranched alkanes of at least 4 members (excludes halogenated alkanes) is 1. The molecule has 2 N–H and O–H groups in total. The fourth-order valence-corrected chi connectivity index (χ4v) is 2.40. The molecule has 0 unspecified atom stereocenters. The molecule has 0 radical (unpaired) electrons. The number of benzene rings is 1. The molecule has 1 aromatic rings. The molecule has 0 spiro atoms. The molecule has 1 aromatic carbocycles. The van der Waals surface area contributed by atoms with E-state index in [1.165, 1.54) is 0 Å². The number of halogens is 1. The first-order valence-electron chi connectivity index (χ1n) is 7.27. The number of aromatic amines is 1. The second-order valence-corrected chi connectivity index (χ2v) is 5.17. The number of nitrogens with one attached hydrogen (secondary N) is 1. The molecule has 0 aromatic heterocycles. The van der Waals surface area contributed by atoms with Gasteiger partial charge >= 0.3 is 5.69 Å². The molecule has 0 saturated heterocycles. The standard InChI is InChI=1S/C15H11ClN2O5.CH4O/c16-11-10(22-6-2-1-5-19)4-3-8-7-9-13(20)17-15(21)18-14(9)23-12(8)11;1-2/h3-5,7H,1-2,6H2,(H,17,20,21);2H,1H3. The lowest BCUT2D eigenvalue weighted by Crippen LogP contribution is -2.24. The summed E-state index contributed by atoms with van der Waals surface area (Å²) in [6.07, 6.45) is 1.79. The van der Waals surface area contributed by atoms with Crippen LogP contribution in [-0.4, -0.2) is 35.1 Å². The van der Waals surface area contributed by atoms with Crippen LogP contribution in [0.15, 0.2) is 32.2 Å². The average Bonchev–Trinajstić information content (AvgIpc) is 2.61. The number of rotatable bonds is 5. The molecule has 9 heteroatoms. The van der Waals surface area contributed by atoms with E-state index in [1.54, 1.807) is 18.2 Å². The van der Waals surface area contributed by atoms with Gasteiger partial charge in [-0.3, -0.25) is 9.78 Å². The first-order valence-corrected chi connectivity index (χ1v) is 7.65. The van der Waals surface area contributed by atoms with Crippen molar-refractivity contribution in [2.24, 2.45) is 0 Å². The molecule has 2 aliphatic heterocycles. The molecule has 132 valence electrons. The van der Waals surface area contributed by atoms with Crippen LogP contribution in [-0.2, 0) is 4.79 Å². The van der Waals surface area contributed by atoms with Crippen molar-refractivity contribution < 1.29 is 19.1 Å². The fraction of sp³-hybridized carbons (Fsp3) is 0.250. The summed E-state index contributed by atoms with van der Waals surface area (Å²) >= 11 is 6.25. The quantitative estimate of drug-likeness (QED) is 0.399. The number of aromatic nitrogens is 2. The Hall–Kier alpha value is -2.71. The first kappa shape index (κ1) is 18.6. The van der Waals surface area contributed by atoms with Gasteiger partial charge in [-0.25, -0.2) is 4.79 Å². The lowest BCUT2D eigenvalue weighted by Gasteiger charge is -2.10. The number of aldehydes is 1. The van der Waals surface area contributed by atoms with Crippen LogP contribution in [0.2, 0.25) is 5.02 Å². The minimum Gasteiger partial charge on any atom is -0.492 e. The Balaban J connectivity index is 0.00000109. The van der Waals surface area contributed by atoms with Gasteiger partial charge in [-0.05, 0) is 24.6 Å². The number of hydrogen-bond acceptors (Lipinski definition) is 7. The fourth-order valence-electron chi connectivity index (χ4n) is 2.13. The van der Waals surface area contributed by atoms with Gasteiger partial charge in [0.1, 0.15) is 22.6 Å². The van der Waals surface area contributed by atoms with Crippen molar-refractivity contribution in [1.82, 2.24) is 9.97 Å². The minimum atomic E-state index is -0.789. The number of carbonyl (C=O) groups is 1. The van der Waals surface area contributed by atoms with Crippen molar-refractivity contribution in [3.63, 3.8) is 0 Å². The molecule has 0 aliphatic carbocycles. The van der Waals surface area contributed by atoms with Crippen molar-refractivity contribution in [3.8, 4) is 17.2 Å². The summed E-state index contributed by atoms with van der Waals surface area (Å²) in [6.45, 7) is 0.334. The summed E-state index contributed by atoms with van der Waals surface area (Å²) in [5.74, 6) is 0.298. The van der Waals surface area contributed by atoms with Gasteiger partial charge < -0.3 is 19.1 Å². The highest BCUT2D eigenvalue weighted by atomic mass is 35.5. The maximum absolute atomic E-state index is 11.8. The van der Waals surface area contributed by atoms with E-state index in [1.807, 2.05) is 0 Å². The molecule has 2 heterocycles. The third-order valence-corrected chi connectivity index (χ3v) is 3.57. The molecule has 0 atom stereocenters. The van der Waals surface area contributed by atoms with E-state index in [-0.39, 0.29) is 22.1 Å². The molecule has 0 fully saturated rings. The summed E-state index contributed by atoms with van der Waals surface area (Å²) in [4.78, 5) is 39.0. The van der Waals surface area contributed by atoms with E-state index < -0.39 is 11.2 Å². The lowest BCUT2D eigenvalue weighted by molar-refractivity contribution is -0.108. The van der Waals surface area contributed by atoms with Crippen LogP contribution in [0.4, 0.5) is 0 Å². The van der Waals surface area contributed by atoms with Gasteiger partial charge in [0.05, 0.1) is 6.61 Å². The maximum atomic E-state index is 11.8. The molecule has 8 nitrogen and oxygen atoms in total. The predicted molar refractivity (Wildman–Crippen MR) is 91.5 cm³/mol. The van der Waals surface area contributed by atoms with Crippen LogP contribution in [0.25, 0.3) is 22.4 Å². The molecule has 0 bridgehead atoms. The zero-order valence-electron chi connectivity index (χ0n) is 13.2. The van der Waals surface area contributed by atoms with Crippen molar-refractivity contribution >= 4 is 28.9 Å². The SMILES string of the molecule is CO.O=CCCCOc1ccc2cc3c(=O)[nH]c(=O)nc-3oc2c1Cl. The summed E-state index contributed by atoms with van der Waals surface area (Å²) in [5, 5.41) is 7.79. The highest BCUT2D eigenvalue weighted by Crippen LogP contribution is 2.35. The predicted octanol–water partition coefficient (Wildman–Crippen LogP) is 1.60. The van der Waals surface area contributed by atoms with Gasteiger partial charge in [-0.2, -0.15) is 4.98 Å². The van der Waals surface area contributed by atoms with E-state index in [4.69, 9.17) is 25.9 Å². The van der Waals surface area contributed by atoms with E-state index in [0.717, 1.165) is 13.4 Å². The van der Waals surface area contributed by atoms with Gasteiger partial charge in [0.15, 0.2) is 5.58 Å². The zero-order chi connectivity index (χ0) is 18.4. The summed E-state index contributed by atoms with van der Waals surface area (Å²) in [7, 11) is 1.00. The highest BCUT2D eigenvalue weighted by Gasteiger charge is 2.17. The van der Waals surface area contributed by atoms with Crippen molar-refractivity contribution in [3.05, 3.63) is 44.1 Å². The second-order valence-electron chi connectivity index (χ2n) is 4.79. The summed E-state index contributed by atoms with van der Waals surface area (Å²) in [6, 6.07) is 4.88. The first-order chi connectivity index (χ1) is 12.1. The van der Waals surface area contributed by atoms with Crippen LogP contribution < -0.4 is 16.0 Å². The summed E-state index contributed by atoms with van der Waals surface area (Å²) in [5.41, 5.74) is -0.934. The Morgan fingerprint density at radius 2 is 2.12 bits per heavy atom. The number of nitrogens with zero attached hydrogens (tertiary/aromatic N) is 1. The topological polar surface area (TPSA) is 122 Å². The Morgan fingerprint density at radius 3 is 2.84 bits per heavy atom. The number of H-pyrrole nitrogens is 1. The lowest BCUT2D eigenvalue weighted by atomic mass is 10.1. The van der Waals surface area contributed by atoms with E-state index >= 15 is 0 Å². The Bertz CT molecular complexity index is 965. The molecular weight excluding hydrogens is 352 g/mol. The zero-order valence-corrected chi connectivity index (χ0v) is 14.0. The van der Waals surface area contributed by atoms with Gasteiger partial charge in [0.25, 0.3) is 5.56 Å². The van der Waals surface area contributed by atoms with Crippen LogP contribution in [0.1, 0.15) is 12.8 Å². The van der Waals surface area contributed by atoms with Crippen molar-refractivity contribution in [2.75, 3.05) is 13.7 Å². The van der Waals surface area contributed by atoms with Gasteiger partial charge in [-0.1, -0.05) is 11.6 Å². The normalized spacial score (nSPS) is 10.4. The van der Waals surface area contributed by atoms with E-state index in [0.29, 0.717) is 30.6 Å².